The fraction of sp³-hybridized carbons (Fsp3) is 0.0851. The van der Waals surface area contributed by atoms with E-state index in [1.807, 2.05) is 35.6 Å². The zero-order chi connectivity index (χ0) is 61.6. The summed E-state index contributed by atoms with van der Waals surface area (Å²) in [5.41, 5.74) is 36.2. The minimum Gasteiger partial charge on any atom is -0.399 e. The first-order valence-electron chi connectivity index (χ1n) is 21.0. The summed E-state index contributed by atoms with van der Waals surface area (Å²) in [6.45, 7) is 3.43. The van der Waals surface area contributed by atoms with Gasteiger partial charge in [0.1, 0.15) is 28.4 Å². The molecule has 0 aromatic heterocycles. The first-order chi connectivity index (χ1) is 37.0. The van der Waals surface area contributed by atoms with Crippen LogP contribution in [0.1, 0.15) is 27.8 Å². The summed E-state index contributed by atoms with van der Waals surface area (Å²) in [5.74, 6) is -0.765. The van der Waals surface area contributed by atoms with Crippen LogP contribution in [0.4, 0.5) is 99.0 Å². The van der Waals surface area contributed by atoms with Crippen LogP contribution in [0.5, 0.6) is 0 Å². The SMILES string of the molecule is Cc1cc(C#N)ccc1N.Cc1cc(C(F)(F)F)ccc1N.Nc1c(Br)cccc1[N+](=O)[O-].Nc1c(Cl)cccc1[N+](=O)[O-].Nc1c(F)cccc1[N+](=O)[O-].Nc1c(I)cccc1[N+](=O)[O-].Nc1c([N+](=O)[O-])cccc1C(F)(F)F. The van der Waals surface area contributed by atoms with E-state index in [1.54, 1.807) is 49.4 Å². The molecule has 0 amide bonds. The van der Waals surface area contributed by atoms with E-state index < -0.39 is 76.7 Å². The number of rotatable bonds is 5. The fourth-order valence-electron chi connectivity index (χ4n) is 5.30. The molecular weight excluding hydrogens is 1280 g/mol. The van der Waals surface area contributed by atoms with Gasteiger partial charge in [0.2, 0.25) is 0 Å². The van der Waals surface area contributed by atoms with Gasteiger partial charge >= 0.3 is 12.4 Å². The van der Waals surface area contributed by atoms with Gasteiger partial charge in [-0.05, 0) is 130 Å². The Labute approximate surface area is 473 Å². The number of nitro benzene ring substituents is 5. The van der Waals surface area contributed by atoms with Crippen LogP contribution in [-0.4, -0.2) is 24.6 Å². The van der Waals surface area contributed by atoms with E-state index >= 15 is 0 Å². The van der Waals surface area contributed by atoms with Gasteiger partial charge in [-0.25, -0.2) is 4.39 Å². The van der Waals surface area contributed by atoms with E-state index in [2.05, 4.69) is 15.9 Å². The third kappa shape index (κ3) is 21.6. The predicted molar refractivity (Wildman–Crippen MR) is 299 cm³/mol. The van der Waals surface area contributed by atoms with Crippen LogP contribution >= 0.6 is 50.1 Å². The van der Waals surface area contributed by atoms with Gasteiger partial charge in [0.25, 0.3) is 28.4 Å². The molecule has 424 valence electrons. The first-order valence-corrected chi connectivity index (χ1v) is 23.3. The van der Waals surface area contributed by atoms with E-state index in [1.165, 1.54) is 42.5 Å². The fourth-order valence-corrected chi connectivity index (χ4v) is 6.31. The number of nitriles is 1. The van der Waals surface area contributed by atoms with Crippen LogP contribution in [0.25, 0.3) is 0 Å². The molecule has 23 nitrogen and oxygen atoms in total. The second-order valence-electron chi connectivity index (χ2n) is 15.0. The van der Waals surface area contributed by atoms with Crippen molar-refractivity contribution >= 4 is 118 Å². The average Bonchev–Trinajstić information content (AvgIpc) is 3.36. The summed E-state index contributed by atoms with van der Waals surface area (Å²) in [5, 5.41) is 59.9. The first kappa shape index (κ1) is 68.7. The summed E-state index contributed by atoms with van der Waals surface area (Å²) in [4.78, 5) is 48.0. The van der Waals surface area contributed by atoms with Crippen LogP contribution < -0.4 is 40.1 Å². The molecule has 0 radical (unpaired) electrons. The molecule has 0 aliphatic carbocycles. The number of benzene rings is 7. The molecule has 7 rings (SSSR count). The Hall–Kier alpha value is -9.36. The number of alkyl halides is 6. The van der Waals surface area contributed by atoms with Crippen molar-refractivity contribution in [2.75, 3.05) is 40.1 Å². The highest BCUT2D eigenvalue weighted by molar-refractivity contribution is 14.1. The lowest BCUT2D eigenvalue weighted by Gasteiger charge is -2.08. The van der Waals surface area contributed by atoms with E-state index in [9.17, 15) is 81.3 Å². The highest BCUT2D eigenvalue weighted by atomic mass is 127. The number of anilines is 7. The lowest BCUT2D eigenvalue weighted by Crippen LogP contribution is -2.10. The number of hydrogen-bond donors (Lipinski definition) is 7. The van der Waals surface area contributed by atoms with E-state index in [4.69, 9.17) is 57.0 Å². The molecular formula is C47H41BrClF7IN13O10. The third-order valence-electron chi connectivity index (χ3n) is 9.49. The highest BCUT2D eigenvalue weighted by Gasteiger charge is 2.35. The second-order valence-corrected chi connectivity index (χ2v) is 17.4. The zero-order valence-corrected chi connectivity index (χ0v) is 45.2. The summed E-state index contributed by atoms with van der Waals surface area (Å²) >= 11 is 10.6. The maximum Gasteiger partial charge on any atom is 0.418 e. The Balaban J connectivity index is 0.000000468. The summed E-state index contributed by atoms with van der Waals surface area (Å²) < 4.78 is 86.5. The molecule has 80 heavy (non-hydrogen) atoms. The summed E-state index contributed by atoms with van der Waals surface area (Å²) in [6.07, 6.45) is -8.95. The van der Waals surface area contributed by atoms with E-state index in [-0.39, 0.29) is 39.1 Å². The Kier molecular flexibility index (Phi) is 26.7. The largest absolute Gasteiger partial charge is 0.418 e. The number of hydrogen-bond acceptors (Lipinski definition) is 18. The molecule has 0 aliphatic rings. The van der Waals surface area contributed by atoms with Crippen molar-refractivity contribution in [3.8, 4) is 6.07 Å². The number of nitrogen functional groups attached to an aromatic ring is 7. The smallest absolute Gasteiger partial charge is 0.399 e. The monoisotopic (exact) mass is 1320 g/mol. The molecule has 0 saturated carbocycles. The predicted octanol–water partition coefficient (Wildman–Crippen LogP) is 13.1. The van der Waals surface area contributed by atoms with E-state index in [0.29, 0.717) is 30.9 Å². The molecule has 0 saturated heterocycles. The van der Waals surface area contributed by atoms with Crippen LogP contribution in [-0.2, 0) is 12.4 Å². The van der Waals surface area contributed by atoms with Gasteiger partial charge in [-0.3, -0.25) is 50.6 Å². The Morgan fingerprint density at radius 3 is 1.29 bits per heavy atom. The van der Waals surface area contributed by atoms with Crippen LogP contribution in [0.15, 0.2) is 132 Å². The number of halogens is 10. The number of nitrogens with zero attached hydrogens (tertiary/aromatic N) is 6. The molecule has 14 N–H and O–H groups in total. The molecule has 0 fully saturated rings. The average molecular weight is 1320 g/mol. The van der Waals surface area contributed by atoms with Crippen molar-refractivity contribution in [3.05, 3.63) is 225 Å². The minimum atomic E-state index is -4.67. The number of aryl methyl sites for hydroxylation is 2. The lowest BCUT2D eigenvalue weighted by atomic mass is 10.1. The molecule has 0 heterocycles. The zero-order valence-electron chi connectivity index (χ0n) is 40.7. The molecule has 0 bridgehead atoms. The minimum absolute atomic E-state index is 0.0131. The van der Waals surface area contributed by atoms with Crippen molar-refractivity contribution in [2.24, 2.45) is 0 Å². The van der Waals surface area contributed by atoms with Crippen molar-refractivity contribution in [1.82, 2.24) is 0 Å². The maximum absolute atomic E-state index is 12.5. The molecule has 0 spiro atoms. The van der Waals surface area contributed by atoms with Gasteiger partial charge in [-0.1, -0.05) is 41.9 Å². The van der Waals surface area contributed by atoms with Crippen LogP contribution in [0.3, 0.4) is 0 Å². The van der Waals surface area contributed by atoms with Gasteiger partial charge in [-0.2, -0.15) is 31.6 Å². The van der Waals surface area contributed by atoms with Crippen molar-refractivity contribution in [1.29, 1.82) is 5.26 Å². The quantitative estimate of drug-likeness (QED) is 0.0277. The molecule has 33 heteroatoms. The van der Waals surface area contributed by atoms with Gasteiger partial charge in [0, 0.05) is 49.7 Å². The van der Waals surface area contributed by atoms with Crippen LogP contribution in [0, 0.1) is 85.1 Å². The van der Waals surface area contributed by atoms with Gasteiger partial charge in [0.05, 0.1) is 52.4 Å². The number of para-hydroxylation sites is 5. The van der Waals surface area contributed by atoms with Gasteiger partial charge in [-0.15, -0.1) is 0 Å². The van der Waals surface area contributed by atoms with E-state index in [0.717, 1.165) is 47.6 Å². The molecule has 7 aromatic carbocycles. The van der Waals surface area contributed by atoms with Crippen LogP contribution in [0.2, 0.25) is 5.02 Å². The third-order valence-corrected chi connectivity index (χ3v) is 11.4. The molecule has 7 aromatic rings. The van der Waals surface area contributed by atoms with Gasteiger partial charge in [0.15, 0.2) is 5.82 Å². The second kappa shape index (κ2) is 31.1. The number of nitrogens with two attached hydrogens (primary N) is 7. The standard InChI is InChI=1S/C8H8F3N.C8H8N2.C7H5F3N2O2.C6H5BrN2O2.C6H5ClN2O2.C6H5FN2O2.C6H5IN2O2/c1-5-4-6(8(9,10)11)2-3-7(5)12;1-6-4-7(5-9)2-3-8(6)10;8-7(9,10)4-2-1-3-5(6(4)11)12(13)14;4*7-4-2-1-3-5(6(4)8)9(10)11/h2-4H,12H2,1H3;2-4H,10H2,1H3;1-3H,11H2;4*1-3H,8H2. The van der Waals surface area contributed by atoms with Gasteiger partial charge < -0.3 is 40.1 Å². The summed E-state index contributed by atoms with van der Waals surface area (Å²) in [7, 11) is 0. The Bertz CT molecular complexity index is 3170. The molecule has 0 atom stereocenters. The van der Waals surface area contributed by atoms with Crippen molar-refractivity contribution in [3.63, 3.8) is 0 Å². The summed E-state index contributed by atoms with van der Waals surface area (Å²) in [6, 6.07) is 30.2. The highest BCUT2D eigenvalue weighted by Crippen LogP contribution is 2.38. The maximum atomic E-state index is 12.5. The van der Waals surface area contributed by atoms with Crippen molar-refractivity contribution in [2.45, 2.75) is 26.2 Å². The molecule has 0 unspecified atom stereocenters. The van der Waals surface area contributed by atoms with Crippen molar-refractivity contribution < 1.29 is 55.3 Å². The Morgan fingerprint density at radius 2 is 0.900 bits per heavy atom. The number of nitro groups is 5. The topological polar surface area (TPSA) is 422 Å². The normalized spacial score (nSPS) is 10.1. The Morgan fingerprint density at radius 1 is 0.512 bits per heavy atom. The molecule has 0 aliphatic heterocycles. The lowest BCUT2D eigenvalue weighted by molar-refractivity contribution is -0.384.